The molecule has 0 aliphatic carbocycles. The van der Waals surface area contributed by atoms with Gasteiger partial charge in [-0.15, -0.1) is 12.4 Å². The molecule has 0 aliphatic heterocycles. The van der Waals surface area contributed by atoms with E-state index in [-0.39, 0.29) is 37.1 Å². The van der Waals surface area contributed by atoms with E-state index in [0.717, 1.165) is 6.42 Å². The molecule has 0 atom stereocenters. The van der Waals surface area contributed by atoms with Gasteiger partial charge in [-0.3, -0.25) is 9.59 Å². The van der Waals surface area contributed by atoms with Crippen molar-refractivity contribution in [1.29, 1.82) is 0 Å². The second-order valence-corrected chi connectivity index (χ2v) is 4.49. The summed E-state index contributed by atoms with van der Waals surface area (Å²) in [6, 6.07) is 0. The third-order valence-corrected chi connectivity index (χ3v) is 2.14. The Balaban J connectivity index is 0. The quantitative estimate of drug-likeness (QED) is 0.629. The molecule has 0 aromatic rings. The minimum absolute atomic E-state index is 0. The predicted molar refractivity (Wildman–Crippen MR) is 71.1 cm³/mol. The third-order valence-electron chi connectivity index (χ3n) is 2.14. The highest BCUT2D eigenvalue weighted by molar-refractivity contribution is 5.85. The molecule has 0 aromatic heterocycles. The molecule has 0 bridgehead atoms. The van der Waals surface area contributed by atoms with Gasteiger partial charge >= 0.3 is 0 Å². The number of nitrogens with two attached hydrogens (primary N) is 1. The fraction of sp³-hybridized carbons (Fsp3) is 0.818. The van der Waals surface area contributed by atoms with Crippen molar-refractivity contribution >= 4 is 24.2 Å². The first-order valence-corrected chi connectivity index (χ1v) is 5.69. The van der Waals surface area contributed by atoms with Crippen molar-refractivity contribution in [3.05, 3.63) is 0 Å². The number of hydrogen-bond donors (Lipinski definition) is 3. The van der Waals surface area contributed by atoms with Gasteiger partial charge in [0.15, 0.2) is 0 Å². The van der Waals surface area contributed by atoms with Gasteiger partial charge in [-0.25, -0.2) is 0 Å². The van der Waals surface area contributed by atoms with Crippen LogP contribution in [-0.2, 0) is 9.59 Å². The van der Waals surface area contributed by atoms with Crippen LogP contribution in [0.4, 0.5) is 0 Å². The summed E-state index contributed by atoms with van der Waals surface area (Å²) in [5, 5.41) is 5.49. The van der Waals surface area contributed by atoms with E-state index in [4.69, 9.17) is 5.73 Å². The molecular formula is C11H24ClN3O2. The van der Waals surface area contributed by atoms with E-state index in [1.165, 1.54) is 0 Å². The third kappa shape index (κ3) is 10.1. The minimum Gasteiger partial charge on any atom is -0.356 e. The second-order valence-electron chi connectivity index (χ2n) is 4.49. The molecule has 17 heavy (non-hydrogen) atoms. The summed E-state index contributed by atoms with van der Waals surface area (Å²) in [7, 11) is 0. The maximum Gasteiger partial charge on any atom is 0.220 e. The maximum absolute atomic E-state index is 11.4. The monoisotopic (exact) mass is 265 g/mol. The van der Waals surface area contributed by atoms with Gasteiger partial charge in [0.05, 0.1) is 0 Å². The Morgan fingerprint density at radius 1 is 1.18 bits per heavy atom. The van der Waals surface area contributed by atoms with Gasteiger partial charge in [0.1, 0.15) is 0 Å². The van der Waals surface area contributed by atoms with Gasteiger partial charge in [0, 0.05) is 31.5 Å². The Kier molecular flexibility index (Phi) is 10.1. The number of halogens is 1. The first-order chi connectivity index (χ1) is 7.41. The van der Waals surface area contributed by atoms with Crippen molar-refractivity contribution in [2.45, 2.75) is 45.6 Å². The topological polar surface area (TPSA) is 84.2 Å². The summed E-state index contributed by atoms with van der Waals surface area (Å²) in [6.07, 6.45) is 1.34. The van der Waals surface area contributed by atoms with E-state index in [1.807, 2.05) is 20.8 Å². The summed E-state index contributed by atoms with van der Waals surface area (Å²) >= 11 is 0. The molecule has 0 spiro atoms. The van der Waals surface area contributed by atoms with Crippen LogP contribution in [0.1, 0.15) is 40.0 Å². The molecule has 4 N–H and O–H groups in total. The van der Waals surface area contributed by atoms with E-state index in [1.54, 1.807) is 0 Å². The number of nitrogens with one attached hydrogen (secondary N) is 2. The van der Waals surface area contributed by atoms with E-state index in [0.29, 0.717) is 13.1 Å². The molecular weight excluding hydrogens is 242 g/mol. The van der Waals surface area contributed by atoms with Crippen molar-refractivity contribution < 1.29 is 9.59 Å². The van der Waals surface area contributed by atoms with Crippen LogP contribution in [0.15, 0.2) is 0 Å². The number of rotatable bonds is 7. The van der Waals surface area contributed by atoms with Crippen molar-refractivity contribution in [2.24, 2.45) is 5.73 Å². The molecule has 2 amide bonds. The molecule has 0 heterocycles. The standard InChI is InChI=1S/C11H23N3O2.ClH/c1-4-7-13-9(15)5-6-10(16)14-11(2,3)8-12;/h4-8,12H2,1-3H3,(H,13,15)(H,14,16);1H. The van der Waals surface area contributed by atoms with Crippen LogP contribution in [0, 0.1) is 0 Å². The average molecular weight is 266 g/mol. The maximum atomic E-state index is 11.4. The average Bonchev–Trinajstić information content (AvgIpc) is 2.23. The molecule has 0 radical (unpaired) electrons. The predicted octanol–water partition coefficient (Wildman–Crippen LogP) is 0.568. The van der Waals surface area contributed by atoms with Gasteiger partial charge in [-0.1, -0.05) is 6.92 Å². The summed E-state index contributed by atoms with van der Waals surface area (Å²) < 4.78 is 0. The zero-order chi connectivity index (χ0) is 12.6. The van der Waals surface area contributed by atoms with E-state index in [9.17, 15) is 9.59 Å². The number of carbonyl (C=O) groups excluding carboxylic acids is 2. The lowest BCUT2D eigenvalue weighted by atomic mass is 10.1. The first kappa shape index (κ1) is 18.6. The number of carbonyl (C=O) groups is 2. The van der Waals surface area contributed by atoms with Gasteiger partial charge in [0.25, 0.3) is 0 Å². The van der Waals surface area contributed by atoms with E-state index in [2.05, 4.69) is 10.6 Å². The van der Waals surface area contributed by atoms with Gasteiger partial charge in [0.2, 0.25) is 11.8 Å². The Hall–Kier alpha value is -0.810. The van der Waals surface area contributed by atoms with Crippen LogP contribution < -0.4 is 16.4 Å². The highest BCUT2D eigenvalue weighted by atomic mass is 35.5. The Morgan fingerprint density at radius 2 is 1.71 bits per heavy atom. The lowest BCUT2D eigenvalue weighted by Crippen LogP contribution is -2.49. The number of amides is 2. The summed E-state index contributed by atoms with van der Waals surface area (Å²) in [5.74, 6) is -0.218. The second kappa shape index (κ2) is 9.24. The van der Waals surface area contributed by atoms with Gasteiger partial charge < -0.3 is 16.4 Å². The zero-order valence-electron chi connectivity index (χ0n) is 10.8. The Labute approximate surface area is 109 Å². The Bertz CT molecular complexity index is 245. The van der Waals surface area contributed by atoms with Crippen LogP contribution in [0.3, 0.4) is 0 Å². The lowest BCUT2D eigenvalue weighted by Gasteiger charge is -2.24. The summed E-state index contributed by atoms with van der Waals surface area (Å²) in [4.78, 5) is 22.7. The van der Waals surface area contributed by atoms with Crippen molar-refractivity contribution in [2.75, 3.05) is 13.1 Å². The summed E-state index contributed by atoms with van der Waals surface area (Å²) in [5.41, 5.74) is 5.08. The first-order valence-electron chi connectivity index (χ1n) is 5.69. The number of hydrogen-bond acceptors (Lipinski definition) is 3. The molecule has 5 nitrogen and oxygen atoms in total. The largest absolute Gasteiger partial charge is 0.356 e. The molecule has 102 valence electrons. The highest BCUT2D eigenvalue weighted by Crippen LogP contribution is 2.00. The molecule has 0 unspecified atom stereocenters. The molecule has 0 saturated carbocycles. The van der Waals surface area contributed by atoms with Crippen LogP contribution in [0.2, 0.25) is 0 Å². The molecule has 0 rings (SSSR count). The van der Waals surface area contributed by atoms with Crippen LogP contribution in [-0.4, -0.2) is 30.4 Å². The molecule has 0 saturated heterocycles. The zero-order valence-corrected chi connectivity index (χ0v) is 11.7. The normalized spacial score (nSPS) is 10.4. The van der Waals surface area contributed by atoms with Crippen LogP contribution in [0.5, 0.6) is 0 Å². The fourth-order valence-electron chi connectivity index (χ4n) is 1.07. The molecule has 6 heteroatoms. The molecule has 0 fully saturated rings. The fourth-order valence-corrected chi connectivity index (χ4v) is 1.07. The van der Waals surface area contributed by atoms with Crippen molar-refractivity contribution in [3.8, 4) is 0 Å². The molecule has 0 aliphatic rings. The smallest absolute Gasteiger partial charge is 0.220 e. The van der Waals surface area contributed by atoms with E-state index < -0.39 is 5.54 Å². The summed E-state index contributed by atoms with van der Waals surface area (Å²) in [6.45, 7) is 6.72. The lowest BCUT2D eigenvalue weighted by molar-refractivity contribution is -0.127. The SMILES string of the molecule is CCCNC(=O)CCC(=O)NC(C)(C)CN.Cl. The minimum atomic E-state index is -0.406. The van der Waals surface area contributed by atoms with Crippen molar-refractivity contribution in [1.82, 2.24) is 10.6 Å². The highest BCUT2D eigenvalue weighted by Gasteiger charge is 2.18. The van der Waals surface area contributed by atoms with E-state index >= 15 is 0 Å². The van der Waals surface area contributed by atoms with Gasteiger partial charge in [-0.05, 0) is 20.3 Å². The Morgan fingerprint density at radius 3 is 2.18 bits per heavy atom. The van der Waals surface area contributed by atoms with Crippen LogP contribution in [0.25, 0.3) is 0 Å². The molecule has 0 aromatic carbocycles. The van der Waals surface area contributed by atoms with Gasteiger partial charge in [-0.2, -0.15) is 0 Å². The van der Waals surface area contributed by atoms with Crippen LogP contribution >= 0.6 is 12.4 Å². The van der Waals surface area contributed by atoms with Crippen molar-refractivity contribution in [3.63, 3.8) is 0 Å².